The number of nitrogens with two attached hydrogens (primary N) is 1. The van der Waals surface area contributed by atoms with Crippen molar-refractivity contribution in [2.45, 2.75) is 6.42 Å². The molecule has 0 amide bonds. The largest absolute Gasteiger partial charge is 0.465 e. The Kier molecular flexibility index (Phi) is 5.06. The molecule has 21 heavy (non-hydrogen) atoms. The van der Waals surface area contributed by atoms with E-state index >= 15 is 0 Å². The Bertz CT molecular complexity index is 627. The van der Waals surface area contributed by atoms with Crippen molar-refractivity contribution in [1.29, 1.82) is 0 Å². The number of esters is 1. The van der Waals surface area contributed by atoms with Gasteiger partial charge in [0.1, 0.15) is 0 Å². The highest BCUT2D eigenvalue weighted by atomic mass is 35.5. The van der Waals surface area contributed by atoms with Gasteiger partial charge in [0.15, 0.2) is 0 Å². The van der Waals surface area contributed by atoms with Crippen molar-refractivity contribution in [2.24, 2.45) is 0 Å². The predicted molar refractivity (Wildman–Crippen MR) is 85.8 cm³/mol. The molecule has 0 spiro atoms. The number of nitrogens with one attached hydrogen (secondary N) is 1. The van der Waals surface area contributed by atoms with Crippen molar-refractivity contribution < 1.29 is 9.53 Å². The Morgan fingerprint density at radius 2 is 1.95 bits per heavy atom. The SMILES string of the molecule is COC(=O)c1cc(N)ccc1NCCc1ccc(Cl)cc1. The van der Waals surface area contributed by atoms with Crippen LogP contribution in [0.3, 0.4) is 0 Å². The maximum Gasteiger partial charge on any atom is 0.340 e. The zero-order chi connectivity index (χ0) is 15.2. The van der Waals surface area contributed by atoms with Crippen molar-refractivity contribution in [2.75, 3.05) is 24.7 Å². The molecular weight excluding hydrogens is 288 g/mol. The summed E-state index contributed by atoms with van der Waals surface area (Å²) >= 11 is 5.85. The predicted octanol–water partition coefficient (Wildman–Crippen LogP) is 3.36. The molecule has 4 nitrogen and oxygen atoms in total. The number of rotatable bonds is 5. The second kappa shape index (κ2) is 6.99. The molecule has 0 unspecified atom stereocenters. The molecule has 2 aromatic carbocycles. The lowest BCUT2D eigenvalue weighted by molar-refractivity contribution is 0.0602. The van der Waals surface area contributed by atoms with E-state index in [2.05, 4.69) is 5.32 Å². The van der Waals surface area contributed by atoms with Crippen LogP contribution in [0.4, 0.5) is 11.4 Å². The number of ether oxygens (including phenoxy) is 1. The smallest absolute Gasteiger partial charge is 0.340 e. The van der Waals surface area contributed by atoms with Crippen molar-refractivity contribution in [1.82, 2.24) is 0 Å². The van der Waals surface area contributed by atoms with Crippen molar-refractivity contribution in [3.05, 3.63) is 58.6 Å². The number of methoxy groups -OCH3 is 1. The standard InChI is InChI=1S/C16H17ClN2O2/c1-21-16(20)14-10-13(18)6-7-15(14)19-9-8-11-2-4-12(17)5-3-11/h2-7,10,19H,8-9,18H2,1H3. The van der Waals surface area contributed by atoms with Gasteiger partial charge in [0, 0.05) is 22.9 Å². The molecule has 0 fully saturated rings. The molecule has 0 aliphatic heterocycles. The van der Waals surface area contributed by atoms with Gasteiger partial charge < -0.3 is 15.8 Å². The van der Waals surface area contributed by atoms with Crippen LogP contribution in [-0.2, 0) is 11.2 Å². The molecule has 0 atom stereocenters. The first-order valence-corrected chi connectivity index (χ1v) is 6.94. The molecule has 0 radical (unpaired) electrons. The second-order valence-corrected chi connectivity index (χ2v) is 5.04. The maximum atomic E-state index is 11.7. The number of carbonyl (C=O) groups excluding carboxylic acids is 1. The molecule has 0 saturated carbocycles. The lowest BCUT2D eigenvalue weighted by Crippen LogP contribution is -2.11. The van der Waals surface area contributed by atoms with E-state index < -0.39 is 5.97 Å². The first-order chi connectivity index (χ1) is 10.1. The Hall–Kier alpha value is -2.20. The van der Waals surface area contributed by atoms with Gasteiger partial charge in [-0.15, -0.1) is 0 Å². The van der Waals surface area contributed by atoms with E-state index in [0.717, 1.165) is 11.4 Å². The van der Waals surface area contributed by atoms with Crippen molar-refractivity contribution in [3.63, 3.8) is 0 Å². The van der Waals surface area contributed by atoms with E-state index in [1.54, 1.807) is 18.2 Å². The van der Waals surface area contributed by atoms with Gasteiger partial charge >= 0.3 is 5.97 Å². The summed E-state index contributed by atoms with van der Waals surface area (Å²) in [6.45, 7) is 0.690. The van der Waals surface area contributed by atoms with Crippen LogP contribution in [-0.4, -0.2) is 19.6 Å². The number of hydrogen-bond donors (Lipinski definition) is 2. The number of nitrogen functional groups attached to an aromatic ring is 1. The molecule has 3 N–H and O–H groups in total. The molecule has 0 aliphatic carbocycles. The Balaban J connectivity index is 2.02. The molecule has 2 aromatic rings. The zero-order valence-electron chi connectivity index (χ0n) is 11.7. The van der Waals surface area contributed by atoms with Gasteiger partial charge in [0.05, 0.1) is 12.7 Å². The van der Waals surface area contributed by atoms with Gasteiger partial charge in [-0.05, 0) is 42.3 Å². The third kappa shape index (κ3) is 4.13. The number of carbonyl (C=O) groups is 1. The molecule has 110 valence electrons. The minimum atomic E-state index is -0.406. The summed E-state index contributed by atoms with van der Waals surface area (Å²) < 4.78 is 4.76. The van der Waals surface area contributed by atoms with E-state index in [1.165, 1.54) is 12.7 Å². The monoisotopic (exact) mass is 304 g/mol. The van der Waals surface area contributed by atoms with Gasteiger partial charge in [-0.3, -0.25) is 0 Å². The number of halogens is 1. The summed E-state index contributed by atoms with van der Waals surface area (Å²) in [4.78, 5) is 11.7. The van der Waals surface area contributed by atoms with Gasteiger partial charge in [0.2, 0.25) is 0 Å². The average molecular weight is 305 g/mol. The van der Waals surface area contributed by atoms with E-state index in [4.69, 9.17) is 22.1 Å². The van der Waals surface area contributed by atoms with Crippen molar-refractivity contribution in [3.8, 4) is 0 Å². The van der Waals surface area contributed by atoms with Crippen LogP contribution in [0.5, 0.6) is 0 Å². The fourth-order valence-electron chi connectivity index (χ4n) is 1.99. The van der Waals surface area contributed by atoms with Crippen LogP contribution in [0.25, 0.3) is 0 Å². The van der Waals surface area contributed by atoms with Crippen LogP contribution in [0.2, 0.25) is 5.02 Å². The molecule has 5 heteroatoms. The summed E-state index contributed by atoms with van der Waals surface area (Å²) in [5.74, 6) is -0.406. The fraction of sp³-hybridized carbons (Fsp3) is 0.188. The summed E-state index contributed by atoms with van der Waals surface area (Å²) in [5.41, 5.74) is 8.55. The third-order valence-electron chi connectivity index (χ3n) is 3.09. The lowest BCUT2D eigenvalue weighted by atomic mass is 10.1. The van der Waals surface area contributed by atoms with E-state index in [1.807, 2.05) is 24.3 Å². The average Bonchev–Trinajstić information content (AvgIpc) is 2.50. The Labute approximate surface area is 128 Å². The molecular formula is C16H17ClN2O2. The number of anilines is 2. The van der Waals surface area contributed by atoms with Crippen LogP contribution < -0.4 is 11.1 Å². The van der Waals surface area contributed by atoms with Gasteiger partial charge in [-0.25, -0.2) is 4.79 Å². The van der Waals surface area contributed by atoms with E-state index in [-0.39, 0.29) is 0 Å². The first-order valence-electron chi connectivity index (χ1n) is 6.56. The highest BCUT2D eigenvalue weighted by molar-refractivity contribution is 6.30. The maximum absolute atomic E-state index is 11.7. The summed E-state index contributed by atoms with van der Waals surface area (Å²) in [7, 11) is 1.35. The fourth-order valence-corrected chi connectivity index (χ4v) is 2.11. The highest BCUT2D eigenvalue weighted by Crippen LogP contribution is 2.20. The minimum Gasteiger partial charge on any atom is -0.465 e. The molecule has 2 rings (SSSR count). The van der Waals surface area contributed by atoms with E-state index in [9.17, 15) is 4.79 Å². The summed E-state index contributed by atoms with van der Waals surface area (Å²) in [6, 6.07) is 12.8. The highest BCUT2D eigenvalue weighted by Gasteiger charge is 2.11. The summed E-state index contributed by atoms with van der Waals surface area (Å²) in [6.07, 6.45) is 0.822. The van der Waals surface area contributed by atoms with Crippen molar-refractivity contribution >= 4 is 28.9 Å². The summed E-state index contributed by atoms with van der Waals surface area (Å²) in [5, 5.41) is 3.95. The quantitative estimate of drug-likeness (QED) is 0.656. The molecule has 0 aromatic heterocycles. The molecule has 0 heterocycles. The van der Waals surface area contributed by atoms with Crippen LogP contribution >= 0.6 is 11.6 Å². The van der Waals surface area contributed by atoms with Crippen LogP contribution in [0, 0.1) is 0 Å². The zero-order valence-corrected chi connectivity index (χ0v) is 12.5. The molecule has 0 saturated heterocycles. The normalized spacial score (nSPS) is 10.2. The van der Waals surface area contributed by atoms with Gasteiger partial charge in [-0.2, -0.15) is 0 Å². The second-order valence-electron chi connectivity index (χ2n) is 4.60. The number of hydrogen-bond acceptors (Lipinski definition) is 4. The first kappa shape index (κ1) is 15.2. The third-order valence-corrected chi connectivity index (χ3v) is 3.34. The van der Waals surface area contributed by atoms with E-state index in [0.29, 0.717) is 23.5 Å². The van der Waals surface area contributed by atoms with Gasteiger partial charge in [-0.1, -0.05) is 23.7 Å². The Morgan fingerprint density at radius 1 is 1.24 bits per heavy atom. The molecule has 0 aliphatic rings. The minimum absolute atomic E-state index is 0.406. The topological polar surface area (TPSA) is 64.3 Å². The van der Waals surface area contributed by atoms with Crippen LogP contribution in [0.15, 0.2) is 42.5 Å². The Morgan fingerprint density at radius 3 is 2.62 bits per heavy atom. The molecule has 0 bridgehead atoms. The lowest BCUT2D eigenvalue weighted by Gasteiger charge is -2.11. The van der Waals surface area contributed by atoms with Gasteiger partial charge in [0.25, 0.3) is 0 Å². The number of benzene rings is 2. The van der Waals surface area contributed by atoms with Crippen LogP contribution in [0.1, 0.15) is 15.9 Å².